The predicted molar refractivity (Wildman–Crippen MR) is 79.2 cm³/mol. The number of fused-ring (bicyclic) bond motifs is 1. The van der Waals surface area contributed by atoms with E-state index in [-0.39, 0.29) is 18.2 Å². The van der Waals surface area contributed by atoms with Gasteiger partial charge < -0.3 is 4.90 Å². The number of carbonyl (C=O) groups is 1. The highest BCUT2D eigenvalue weighted by molar-refractivity contribution is 7.89. The maximum atomic E-state index is 12.2. The van der Waals surface area contributed by atoms with Gasteiger partial charge in [-0.05, 0) is 38.0 Å². The third-order valence-electron chi connectivity index (χ3n) is 3.81. The molecule has 110 valence electrons. The Hall–Kier alpha value is -1.40. The van der Waals surface area contributed by atoms with Crippen molar-refractivity contribution < 1.29 is 13.2 Å². The molecule has 1 aromatic carbocycles. The lowest BCUT2D eigenvalue weighted by Gasteiger charge is -2.16. The fourth-order valence-electron chi connectivity index (χ4n) is 2.43. The summed E-state index contributed by atoms with van der Waals surface area (Å²) in [4.78, 5) is 13.8. The van der Waals surface area contributed by atoms with E-state index in [2.05, 4.69) is 4.72 Å². The maximum Gasteiger partial charge on any atom is 0.236 e. The number of hydrogen-bond acceptors (Lipinski definition) is 3. The molecule has 1 amide bonds. The normalized spacial score (nSPS) is 17.4. The molecule has 2 rings (SSSR count). The molecule has 0 unspecified atom stereocenters. The molecule has 1 heterocycles. The number of benzene rings is 1. The summed E-state index contributed by atoms with van der Waals surface area (Å²) in [5.74, 6) is 0.115. The van der Waals surface area contributed by atoms with Crippen molar-refractivity contribution in [2.24, 2.45) is 0 Å². The van der Waals surface area contributed by atoms with Crippen LogP contribution in [0.25, 0.3) is 0 Å². The molecule has 0 spiro atoms. The topological polar surface area (TPSA) is 66.5 Å². The molecule has 0 saturated heterocycles. The smallest absolute Gasteiger partial charge is 0.236 e. The average Bonchev–Trinajstić information content (AvgIpc) is 2.58. The van der Waals surface area contributed by atoms with Gasteiger partial charge in [-0.1, -0.05) is 12.1 Å². The van der Waals surface area contributed by atoms with Crippen molar-refractivity contribution in [1.29, 1.82) is 0 Å². The van der Waals surface area contributed by atoms with E-state index in [0.29, 0.717) is 0 Å². The Morgan fingerprint density at radius 1 is 1.30 bits per heavy atom. The highest BCUT2D eigenvalue weighted by Crippen LogP contribution is 2.40. The van der Waals surface area contributed by atoms with Gasteiger partial charge in [0.1, 0.15) is 0 Å². The molecule has 0 atom stereocenters. The van der Waals surface area contributed by atoms with Crippen molar-refractivity contribution in [2.75, 3.05) is 17.7 Å². The summed E-state index contributed by atoms with van der Waals surface area (Å²) in [5, 5.41) is 0. The van der Waals surface area contributed by atoms with Crippen LogP contribution in [0.5, 0.6) is 0 Å². The second-order valence-electron chi connectivity index (χ2n) is 5.57. The zero-order chi connectivity index (χ0) is 15.1. The van der Waals surface area contributed by atoms with Crippen LogP contribution < -0.4 is 9.62 Å². The minimum atomic E-state index is -3.21. The molecule has 1 aliphatic rings. The van der Waals surface area contributed by atoms with Gasteiger partial charge in [0.05, 0.1) is 11.2 Å². The van der Waals surface area contributed by atoms with E-state index in [0.717, 1.165) is 16.8 Å². The molecule has 5 nitrogen and oxygen atoms in total. The summed E-state index contributed by atoms with van der Waals surface area (Å²) < 4.78 is 25.5. The zero-order valence-electron chi connectivity index (χ0n) is 12.2. The Morgan fingerprint density at radius 3 is 2.55 bits per heavy atom. The molecule has 6 heteroatoms. The van der Waals surface area contributed by atoms with E-state index in [1.807, 2.05) is 32.0 Å². The van der Waals surface area contributed by atoms with E-state index < -0.39 is 15.4 Å². The van der Waals surface area contributed by atoms with Crippen molar-refractivity contribution in [3.05, 3.63) is 29.3 Å². The van der Waals surface area contributed by atoms with Gasteiger partial charge in [-0.2, -0.15) is 0 Å². The molecule has 0 fully saturated rings. The lowest BCUT2D eigenvalue weighted by molar-refractivity contribution is -0.121. The van der Waals surface area contributed by atoms with E-state index in [1.165, 1.54) is 0 Å². The van der Waals surface area contributed by atoms with Gasteiger partial charge in [0.15, 0.2) is 0 Å². The number of likely N-dealkylation sites (N-methyl/N-ethyl adjacent to an activating group) is 1. The summed E-state index contributed by atoms with van der Waals surface area (Å²) in [6.45, 7) is 5.62. The largest absolute Gasteiger partial charge is 0.314 e. The van der Waals surface area contributed by atoms with Gasteiger partial charge in [-0.3, -0.25) is 4.79 Å². The van der Waals surface area contributed by atoms with Crippen molar-refractivity contribution >= 4 is 21.6 Å². The van der Waals surface area contributed by atoms with Crippen LogP contribution in [0, 0.1) is 0 Å². The van der Waals surface area contributed by atoms with Crippen LogP contribution in [0.15, 0.2) is 18.2 Å². The first-order chi connectivity index (χ1) is 9.19. The van der Waals surface area contributed by atoms with Gasteiger partial charge in [-0.15, -0.1) is 0 Å². The standard InChI is InChI=1S/C14H20N2O3S/c1-5-20(18,19)15-9-10-6-7-12-11(8-10)14(2,3)13(17)16(12)4/h6-8,15H,5,9H2,1-4H3. The number of sulfonamides is 1. The monoisotopic (exact) mass is 296 g/mol. The van der Waals surface area contributed by atoms with Crippen LogP contribution >= 0.6 is 0 Å². The Bertz CT molecular complexity index is 650. The molecule has 1 N–H and O–H groups in total. The van der Waals surface area contributed by atoms with Crippen LogP contribution in [0.2, 0.25) is 0 Å². The fourth-order valence-corrected chi connectivity index (χ4v) is 3.02. The predicted octanol–water partition coefficient (Wildman–Crippen LogP) is 1.38. The number of anilines is 1. The van der Waals surface area contributed by atoms with E-state index in [1.54, 1.807) is 18.9 Å². The van der Waals surface area contributed by atoms with Gasteiger partial charge >= 0.3 is 0 Å². The SMILES string of the molecule is CCS(=O)(=O)NCc1ccc2c(c1)C(C)(C)C(=O)N2C. The van der Waals surface area contributed by atoms with Crippen LogP contribution in [0.3, 0.4) is 0 Å². The summed E-state index contributed by atoms with van der Waals surface area (Å²) in [7, 11) is -1.45. The number of amides is 1. The van der Waals surface area contributed by atoms with E-state index >= 15 is 0 Å². The molecule has 0 aromatic heterocycles. The first kappa shape index (κ1) is 15.0. The van der Waals surface area contributed by atoms with Crippen LogP contribution in [0.1, 0.15) is 31.9 Å². The van der Waals surface area contributed by atoms with Crippen LogP contribution in [-0.2, 0) is 26.8 Å². The minimum absolute atomic E-state index is 0.0544. The second kappa shape index (κ2) is 4.86. The Kier molecular flexibility index (Phi) is 3.64. The third-order valence-corrected chi connectivity index (χ3v) is 5.16. The summed E-state index contributed by atoms with van der Waals surface area (Å²) in [5.41, 5.74) is 2.13. The molecule has 0 bridgehead atoms. The number of nitrogens with one attached hydrogen (secondary N) is 1. The molecule has 0 aliphatic carbocycles. The lowest BCUT2D eigenvalue weighted by atomic mass is 9.85. The number of nitrogens with zero attached hydrogens (tertiary/aromatic N) is 1. The van der Waals surface area contributed by atoms with Crippen LogP contribution in [0.4, 0.5) is 5.69 Å². The van der Waals surface area contributed by atoms with E-state index in [4.69, 9.17) is 0 Å². The molecule has 1 aromatic rings. The third kappa shape index (κ3) is 2.45. The Morgan fingerprint density at radius 2 is 1.95 bits per heavy atom. The zero-order valence-corrected chi connectivity index (χ0v) is 13.0. The van der Waals surface area contributed by atoms with E-state index in [9.17, 15) is 13.2 Å². The second-order valence-corrected chi connectivity index (χ2v) is 7.66. The van der Waals surface area contributed by atoms with Gasteiger partial charge in [0, 0.05) is 19.3 Å². The molecule has 0 saturated carbocycles. The highest BCUT2D eigenvalue weighted by atomic mass is 32.2. The van der Waals surface area contributed by atoms with Gasteiger partial charge in [-0.25, -0.2) is 13.1 Å². The van der Waals surface area contributed by atoms with Crippen LogP contribution in [-0.4, -0.2) is 27.1 Å². The molecular formula is C14H20N2O3S. The quantitative estimate of drug-likeness (QED) is 0.913. The number of carbonyl (C=O) groups excluding carboxylic acids is 1. The van der Waals surface area contributed by atoms with Crippen molar-refractivity contribution in [3.8, 4) is 0 Å². The first-order valence-corrected chi connectivity index (χ1v) is 8.23. The molecule has 1 aliphatic heterocycles. The molecule has 0 radical (unpaired) electrons. The average molecular weight is 296 g/mol. The molecular weight excluding hydrogens is 276 g/mol. The maximum absolute atomic E-state index is 12.2. The summed E-state index contributed by atoms with van der Waals surface area (Å²) >= 11 is 0. The summed E-state index contributed by atoms with van der Waals surface area (Å²) in [6.07, 6.45) is 0. The Labute approximate surface area is 120 Å². The van der Waals surface area contributed by atoms with Crippen molar-refractivity contribution in [1.82, 2.24) is 4.72 Å². The molecule has 20 heavy (non-hydrogen) atoms. The fraction of sp³-hybridized carbons (Fsp3) is 0.500. The highest BCUT2D eigenvalue weighted by Gasteiger charge is 2.42. The number of rotatable bonds is 4. The minimum Gasteiger partial charge on any atom is -0.314 e. The Balaban J connectivity index is 2.30. The van der Waals surface area contributed by atoms with Gasteiger partial charge in [0.25, 0.3) is 0 Å². The first-order valence-electron chi connectivity index (χ1n) is 6.58. The van der Waals surface area contributed by atoms with Crippen molar-refractivity contribution in [2.45, 2.75) is 32.7 Å². The van der Waals surface area contributed by atoms with Crippen molar-refractivity contribution in [3.63, 3.8) is 0 Å². The summed E-state index contributed by atoms with van der Waals surface area (Å²) in [6, 6.07) is 5.63. The lowest BCUT2D eigenvalue weighted by Crippen LogP contribution is -2.33. The number of hydrogen-bond donors (Lipinski definition) is 1. The van der Waals surface area contributed by atoms with Gasteiger partial charge in [0.2, 0.25) is 15.9 Å².